The lowest BCUT2D eigenvalue weighted by Gasteiger charge is -2.04. The maximum atomic E-state index is 9.86. The van der Waals surface area contributed by atoms with E-state index in [9.17, 15) is 5.11 Å². The van der Waals surface area contributed by atoms with E-state index in [0.29, 0.717) is 5.75 Å². The maximum absolute atomic E-state index is 9.86. The first-order chi connectivity index (χ1) is 9.34. The molecule has 0 atom stereocenters. The van der Waals surface area contributed by atoms with Gasteiger partial charge in [-0.05, 0) is 22.6 Å². The molecule has 0 saturated heterocycles. The van der Waals surface area contributed by atoms with E-state index in [-0.39, 0.29) is 0 Å². The molecule has 0 aliphatic carbocycles. The molecular weight excluding hydrogens is 232 g/mol. The van der Waals surface area contributed by atoms with Crippen LogP contribution in [0.1, 0.15) is 11.1 Å². The van der Waals surface area contributed by atoms with Gasteiger partial charge in [0, 0.05) is 5.39 Å². The largest absolute Gasteiger partial charge is 0.507 e. The summed E-state index contributed by atoms with van der Waals surface area (Å²) in [7, 11) is 0. The summed E-state index contributed by atoms with van der Waals surface area (Å²) in [6, 6.07) is 21.8. The number of hydrogen-bond acceptors (Lipinski definition) is 1. The number of phenols is 1. The number of benzene rings is 3. The van der Waals surface area contributed by atoms with E-state index in [2.05, 4.69) is 30.4 Å². The van der Waals surface area contributed by atoms with Crippen LogP contribution >= 0.6 is 0 Å². The Kier molecular flexibility index (Phi) is 3.03. The molecule has 3 aromatic carbocycles. The summed E-state index contributed by atoms with van der Waals surface area (Å²) in [5.74, 6) is 0.326. The fourth-order valence-corrected chi connectivity index (χ4v) is 2.21. The molecule has 0 spiro atoms. The first kappa shape index (κ1) is 11.5. The van der Waals surface area contributed by atoms with Gasteiger partial charge in [-0.3, -0.25) is 0 Å². The molecule has 0 saturated carbocycles. The van der Waals surface area contributed by atoms with Gasteiger partial charge in [-0.1, -0.05) is 72.8 Å². The fourth-order valence-electron chi connectivity index (χ4n) is 2.21. The van der Waals surface area contributed by atoms with Crippen LogP contribution in [0.2, 0.25) is 0 Å². The zero-order valence-corrected chi connectivity index (χ0v) is 10.5. The molecule has 0 aromatic heterocycles. The van der Waals surface area contributed by atoms with Gasteiger partial charge in [-0.15, -0.1) is 0 Å². The number of aromatic hydroxyl groups is 1. The van der Waals surface area contributed by atoms with E-state index in [1.165, 1.54) is 5.56 Å². The van der Waals surface area contributed by atoms with Crippen LogP contribution < -0.4 is 0 Å². The monoisotopic (exact) mass is 246 g/mol. The zero-order chi connectivity index (χ0) is 13.1. The number of fused-ring (bicyclic) bond motifs is 1. The molecule has 0 heterocycles. The van der Waals surface area contributed by atoms with Gasteiger partial charge in [0.15, 0.2) is 0 Å². The smallest absolute Gasteiger partial charge is 0.123 e. The minimum atomic E-state index is 0.326. The summed E-state index contributed by atoms with van der Waals surface area (Å²) in [6.07, 6.45) is 4.16. The molecule has 1 nitrogen and oxygen atoms in total. The zero-order valence-electron chi connectivity index (χ0n) is 10.5. The van der Waals surface area contributed by atoms with E-state index >= 15 is 0 Å². The Morgan fingerprint density at radius 1 is 0.632 bits per heavy atom. The van der Waals surface area contributed by atoms with E-state index in [0.717, 1.165) is 16.3 Å². The van der Waals surface area contributed by atoms with Crippen molar-refractivity contribution in [3.8, 4) is 5.75 Å². The van der Waals surface area contributed by atoms with Crippen LogP contribution in [0.25, 0.3) is 22.9 Å². The standard InChI is InChI=1S/C18H14O/c19-18-11-5-9-16-15(8-4-10-17(16)18)13-12-14-6-2-1-3-7-14/h1-13,19H/b13-12+. The molecule has 3 aromatic rings. The quantitative estimate of drug-likeness (QED) is 0.649. The minimum Gasteiger partial charge on any atom is -0.507 e. The number of phenolic OH excluding ortho intramolecular Hbond substituents is 1. The summed E-state index contributed by atoms with van der Waals surface area (Å²) in [6.45, 7) is 0. The van der Waals surface area contributed by atoms with Gasteiger partial charge < -0.3 is 5.11 Å². The molecule has 0 aliphatic heterocycles. The van der Waals surface area contributed by atoms with Crippen molar-refractivity contribution in [2.75, 3.05) is 0 Å². The molecule has 0 aliphatic rings. The minimum absolute atomic E-state index is 0.326. The number of hydrogen-bond donors (Lipinski definition) is 1. The van der Waals surface area contributed by atoms with E-state index in [4.69, 9.17) is 0 Å². The van der Waals surface area contributed by atoms with Crippen LogP contribution in [0.4, 0.5) is 0 Å². The second-order valence-electron chi connectivity index (χ2n) is 4.46. The van der Waals surface area contributed by atoms with Crippen molar-refractivity contribution in [2.24, 2.45) is 0 Å². The normalized spacial score (nSPS) is 11.2. The lowest BCUT2D eigenvalue weighted by atomic mass is 10.0. The lowest BCUT2D eigenvalue weighted by Crippen LogP contribution is -1.79. The highest BCUT2D eigenvalue weighted by Crippen LogP contribution is 2.27. The Labute approximate surface area is 112 Å². The summed E-state index contributed by atoms with van der Waals surface area (Å²) < 4.78 is 0. The average Bonchev–Trinajstić information content (AvgIpc) is 2.47. The van der Waals surface area contributed by atoms with Gasteiger partial charge in [0.1, 0.15) is 5.75 Å². The summed E-state index contributed by atoms with van der Waals surface area (Å²) in [5, 5.41) is 11.8. The van der Waals surface area contributed by atoms with Crippen molar-refractivity contribution in [3.63, 3.8) is 0 Å². The van der Waals surface area contributed by atoms with Crippen LogP contribution in [0.5, 0.6) is 5.75 Å². The summed E-state index contributed by atoms with van der Waals surface area (Å²) in [5.41, 5.74) is 2.27. The van der Waals surface area contributed by atoms with Crippen LogP contribution in [-0.4, -0.2) is 5.11 Å². The Bertz CT molecular complexity index is 727. The molecule has 19 heavy (non-hydrogen) atoms. The highest BCUT2D eigenvalue weighted by Gasteiger charge is 2.01. The molecule has 0 unspecified atom stereocenters. The maximum Gasteiger partial charge on any atom is 0.123 e. The predicted octanol–water partition coefficient (Wildman–Crippen LogP) is 4.72. The van der Waals surface area contributed by atoms with Gasteiger partial charge in [0.2, 0.25) is 0 Å². The van der Waals surface area contributed by atoms with E-state index < -0.39 is 0 Å². The van der Waals surface area contributed by atoms with Crippen molar-refractivity contribution in [1.29, 1.82) is 0 Å². The lowest BCUT2D eigenvalue weighted by molar-refractivity contribution is 0.481. The Morgan fingerprint density at radius 3 is 2.21 bits per heavy atom. The molecule has 0 radical (unpaired) electrons. The Balaban J connectivity index is 2.07. The van der Waals surface area contributed by atoms with Gasteiger partial charge in [-0.25, -0.2) is 0 Å². The van der Waals surface area contributed by atoms with Crippen LogP contribution in [0.15, 0.2) is 66.7 Å². The van der Waals surface area contributed by atoms with E-state index in [1.807, 2.05) is 42.5 Å². The molecule has 1 N–H and O–H groups in total. The topological polar surface area (TPSA) is 20.2 Å². The molecule has 0 bridgehead atoms. The third-order valence-electron chi connectivity index (χ3n) is 3.19. The Hall–Kier alpha value is -2.54. The number of rotatable bonds is 2. The highest BCUT2D eigenvalue weighted by molar-refractivity contribution is 5.96. The van der Waals surface area contributed by atoms with Crippen LogP contribution in [-0.2, 0) is 0 Å². The Morgan fingerprint density at radius 2 is 1.37 bits per heavy atom. The molecule has 1 heteroatoms. The van der Waals surface area contributed by atoms with Crippen molar-refractivity contribution in [2.45, 2.75) is 0 Å². The summed E-state index contributed by atoms with van der Waals surface area (Å²) in [4.78, 5) is 0. The van der Waals surface area contributed by atoms with Crippen molar-refractivity contribution >= 4 is 22.9 Å². The van der Waals surface area contributed by atoms with E-state index in [1.54, 1.807) is 6.07 Å². The van der Waals surface area contributed by atoms with Gasteiger partial charge >= 0.3 is 0 Å². The molecule has 0 fully saturated rings. The third-order valence-corrected chi connectivity index (χ3v) is 3.19. The van der Waals surface area contributed by atoms with Crippen LogP contribution in [0.3, 0.4) is 0 Å². The third kappa shape index (κ3) is 2.36. The predicted molar refractivity (Wildman–Crippen MR) is 81.0 cm³/mol. The van der Waals surface area contributed by atoms with Crippen molar-refractivity contribution < 1.29 is 5.11 Å². The second-order valence-corrected chi connectivity index (χ2v) is 4.46. The average molecular weight is 246 g/mol. The molecular formula is C18H14O. The SMILES string of the molecule is Oc1cccc2c(/C=C/c3ccccc3)cccc12. The first-order valence-corrected chi connectivity index (χ1v) is 6.28. The van der Waals surface area contributed by atoms with Gasteiger partial charge in [0.05, 0.1) is 0 Å². The fraction of sp³-hybridized carbons (Fsp3) is 0. The van der Waals surface area contributed by atoms with Crippen molar-refractivity contribution in [1.82, 2.24) is 0 Å². The molecule has 0 amide bonds. The molecule has 3 rings (SSSR count). The van der Waals surface area contributed by atoms with Gasteiger partial charge in [-0.2, -0.15) is 0 Å². The van der Waals surface area contributed by atoms with Gasteiger partial charge in [0.25, 0.3) is 0 Å². The van der Waals surface area contributed by atoms with Crippen molar-refractivity contribution in [3.05, 3.63) is 77.9 Å². The summed E-state index contributed by atoms with van der Waals surface area (Å²) >= 11 is 0. The highest BCUT2D eigenvalue weighted by atomic mass is 16.3. The molecule has 92 valence electrons. The second kappa shape index (κ2) is 4.99. The first-order valence-electron chi connectivity index (χ1n) is 6.28. The van der Waals surface area contributed by atoms with Crippen LogP contribution in [0, 0.1) is 0 Å².